The molecule has 118 valence electrons. The van der Waals surface area contributed by atoms with E-state index in [-0.39, 0.29) is 0 Å². The van der Waals surface area contributed by atoms with Crippen molar-refractivity contribution in [3.8, 4) is 0 Å². The van der Waals surface area contributed by atoms with E-state index in [1.54, 1.807) is 15.8 Å². The maximum Gasteiger partial charge on any atom is 0.243 e. The van der Waals surface area contributed by atoms with Crippen LogP contribution in [-0.4, -0.2) is 57.4 Å². The van der Waals surface area contributed by atoms with E-state index >= 15 is 0 Å². The zero-order valence-electron chi connectivity index (χ0n) is 12.4. The molecule has 1 saturated heterocycles. The Kier molecular flexibility index (Phi) is 4.66. The van der Waals surface area contributed by atoms with E-state index in [1.165, 1.54) is 24.2 Å². The second-order valence-corrected chi connectivity index (χ2v) is 8.86. The highest BCUT2D eigenvalue weighted by atomic mass is 32.2. The van der Waals surface area contributed by atoms with Gasteiger partial charge in [-0.15, -0.1) is 11.3 Å². The molecule has 0 unspecified atom stereocenters. The Hall–Kier alpha value is -0.470. The summed E-state index contributed by atoms with van der Waals surface area (Å²) in [5.74, 6) is 0.870. The van der Waals surface area contributed by atoms with Crippen LogP contribution in [0.25, 0.3) is 0 Å². The molecule has 0 amide bonds. The van der Waals surface area contributed by atoms with Crippen LogP contribution < -0.4 is 5.32 Å². The maximum atomic E-state index is 12.6. The molecule has 21 heavy (non-hydrogen) atoms. The summed E-state index contributed by atoms with van der Waals surface area (Å²) in [5, 5.41) is 4.82. The first kappa shape index (κ1) is 15.4. The number of nitrogens with one attached hydrogen (secondary N) is 1. The molecule has 1 N–H and O–H groups in total. The van der Waals surface area contributed by atoms with Crippen LogP contribution in [0.2, 0.25) is 0 Å². The number of rotatable bonds is 6. The summed E-state index contributed by atoms with van der Waals surface area (Å²) in [6.45, 7) is 4.83. The largest absolute Gasteiger partial charge is 0.315 e. The van der Waals surface area contributed by atoms with Crippen molar-refractivity contribution in [3.63, 3.8) is 0 Å². The van der Waals surface area contributed by atoms with E-state index in [4.69, 9.17) is 0 Å². The van der Waals surface area contributed by atoms with E-state index < -0.39 is 10.0 Å². The predicted octanol–water partition coefficient (Wildman–Crippen LogP) is 1.18. The lowest BCUT2D eigenvalue weighted by atomic mass is 10.3. The van der Waals surface area contributed by atoms with Gasteiger partial charge in [-0.05, 0) is 31.9 Å². The van der Waals surface area contributed by atoms with Crippen LogP contribution in [0.4, 0.5) is 0 Å². The average Bonchev–Trinajstić information content (AvgIpc) is 3.15. The van der Waals surface area contributed by atoms with Gasteiger partial charge in [-0.25, -0.2) is 8.42 Å². The number of hydrogen-bond acceptors (Lipinski definition) is 5. The molecule has 1 saturated carbocycles. The first-order chi connectivity index (χ1) is 10.1. The fraction of sp³-hybridized carbons (Fsp3) is 0.714. The van der Waals surface area contributed by atoms with Gasteiger partial charge in [-0.1, -0.05) is 0 Å². The topological polar surface area (TPSA) is 52.7 Å². The molecule has 2 aliphatic rings. The van der Waals surface area contributed by atoms with Gasteiger partial charge < -0.3 is 10.2 Å². The van der Waals surface area contributed by atoms with Gasteiger partial charge in [0.15, 0.2) is 0 Å². The minimum atomic E-state index is -3.31. The molecule has 7 heteroatoms. The van der Waals surface area contributed by atoms with Gasteiger partial charge in [0.2, 0.25) is 10.0 Å². The molecule has 1 aromatic heterocycles. The van der Waals surface area contributed by atoms with Crippen LogP contribution in [0.1, 0.15) is 17.7 Å². The van der Waals surface area contributed by atoms with Gasteiger partial charge in [0, 0.05) is 49.5 Å². The number of piperazine rings is 1. The average molecular weight is 329 g/mol. The fourth-order valence-electron chi connectivity index (χ4n) is 2.73. The highest BCUT2D eigenvalue weighted by molar-refractivity contribution is 7.89. The Bertz CT molecular complexity index is 573. The van der Waals surface area contributed by atoms with Gasteiger partial charge in [0.25, 0.3) is 0 Å². The molecule has 5 nitrogen and oxygen atoms in total. The lowest BCUT2D eigenvalue weighted by molar-refractivity contribution is 0.182. The first-order valence-electron chi connectivity index (χ1n) is 7.54. The third-order valence-electron chi connectivity index (χ3n) is 4.16. The second kappa shape index (κ2) is 6.34. The summed E-state index contributed by atoms with van der Waals surface area (Å²) in [4.78, 5) is 3.92. The van der Waals surface area contributed by atoms with Gasteiger partial charge in [0.05, 0.1) is 4.90 Å². The van der Waals surface area contributed by atoms with Gasteiger partial charge in [-0.3, -0.25) is 0 Å². The molecule has 1 aromatic rings. The SMILES string of the molecule is CNCc1cc(S(=O)(=O)N2CCN(CC3CC3)CC2)cs1. The molecule has 2 fully saturated rings. The lowest BCUT2D eigenvalue weighted by Crippen LogP contribution is -2.48. The van der Waals surface area contributed by atoms with Crippen molar-refractivity contribution in [3.05, 3.63) is 16.3 Å². The minimum Gasteiger partial charge on any atom is -0.315 e. The third-order valence-corrected chi connectivity index (χ3v) is 7.13. The molecule has 0 bridgehead atoms. The fourth-order valence-corrected chi connectivity index (χ4v) is 5.43. The molecular formula is C14H23N3O2S2. The van der Waals surface area contributed by atoms with E-state index in [0.717, 1.165) is 37.0 Å². The quantitative estimate of drug-likeness (QED) is 0.852. The van der Waals surface area contributed by atoms with Crippen molar-refractivity contribution in [2.75, 3.05) is 39.8 Å². The Balaban J connectivity index is 1.61. The van der Waals surface area contributed by atoms with Gasteiger partial charge >= 0.3 is 0 Å². The Morgan fingerprint density at radius 2 is 2.00 bits per heavy atom. The molecule has 3 rings (SSSR count). The van der Waals surface area contributed by atoms with Crippen molar-refractivity contribution < 1.29 is 8.42 Å². The summed E-state index contributed by atoms with van der Waals surface area (Å²) in [7, 11) is -1.44. The number of hydrogen-bond donors (Lipinski definition) is 1. The Morgan fingerprint density at radius 3 is 2.62 bits per heavy atom. The standard InChI is InChI=1S/C14H23N3O2S2/c1-15-9-13-8-14(11-20-13)21(18,19)17-6-4-16(5-7-17)10-12-2-3-12/h8,11-12,15H,2-7,9-10H2,1H3. The zero-order chi connectivity index (χ0) is 14.9. The normalized spacial score (nSPS) is 21.8. The van der Waals surface area contributed by atoms with Gasteiger partial charge in [0.1, 0.15) is 0 Å². The number of thiophene rings is 1. The summed E-state index contributed by atoms with van der Waals surface area (Å²) in [5.41, 5.74) is 0. The minimum absolute atomic E-state index is 0.452. The van der Waals surface area contributed by atoms with Crippen LogP contribution in [0.3, 0.4) is 0 Å². The Labute approximate surface area is 131 Å². The summed E-state index contributed by atoms with van der Waals surface area (Å²) in [6, 6.07) is 1.80. The molecule has 0 aromatic carbocycles. The molecule has 0 radical (unpaired) electrons. The highest BCUT2D eigenvalue weighted by Crippen LogP contribution is 2.30. The zero-order valence-corrected chi connectivity index (χ0v) is 14.0. The molecule has 0 atom stereocenters. The lowest BCUT2D eigenvalue weighted by Gasteiger charge is -2.33. The van der Waals surface area contributed by atoms with E-state index in [1.807, 2.05) is 7.05 Å². The van der Waals surface area contributed by atoms with Crippen LogP contribution in [0, 0.1) is 5.92 Å². The van der Waals surface area contributed by atoms with Crippen LogP contribution in [0.5, 0.6) is 0 Å². The van der Waals surface area contributed by atoms with Crippen LogP contribution in [0.15, 0.2) is 16.3 Å². The highest BCUT2D eigenvalue weighted by Gasteiger charge is 2.31. The van der Waals surface area contributed by atoms with Crippen LogP contribution in [-0.2, 0) is 16.6 Å². The number of sulfonamides is 1. The molecule has 2 heterocycles. The molecule has 0 spiro atoms. The van der Waals surface area contributed by atoms with Gasteiger partial charge in [-0.2, -0.15) is 4.31 Å². The van der Waals surface area contributed by atoms with Crippen LogP contribution >= 0.6 is 11.3 Å². The van der Waals surface area contributed by atoms with Crippen molar-refractivity contribution >= 4 is 21.4 Å². The molecule has 1 aliphatic heterocycles. The van der Waals surface area contributed by atoms with E-state index in [2.05, 4.69) is 10.2 Å². The summed E-state index contributed by atoms with van der Waals surface area (Å²) < 4.78 is 26.9. The third kappa shape index (κ3) is 3.65. The van der Waals surface area contributed by atoms with Crippen molar-refractivity contribution in [1.29, 1.82) is 0 Å². The van der Waals surface area contributed by atoms with Crippen molar-refractivity contribution in [1.82, 2.24) is 14.5 Å². The maximum absolute atomic E-state index is 12.6. The monoisotopic (exact) mass is 329 g/mol. The smallest absolute Gasteiger partial charge is 0.243 e. The predicted molar refractivity (Wildman–Crippen MR) is 85.0 cm³/mol. The molecular weight excluding hydrogens is 306 g/mol. The first-order valence-corrected chi connectivity index (χ1v) is 9.86. The summed E-state index contributed by atoms with van der Waals surface area (Å²) in [6.07, 6.45) is 2.70. The van der Waals surface area contributed by atoms with Crippen molar-refractivity contribution in [2.45, 2.75) is 24.3 Å². The van der Waals surface area contributed by atoms with Crippen molar-refractivity contribution in [2.24, 2.45) is 5.92 Å². The summed E-state index contributed by atoms with van der Waals surface area (Å²) >= 11 is 1.50. The van der Waals surface area contributed by atoms with E-state index in [9.17, 15) is 8.42 Å². The second-order valence-electron chi connectivity index (χ2n) is 5.93. The Morgan fingerprint density at radius 1 is 1.29 bits per heavy atom. The van der Waals surface area contributed by atoms with E-state index in [0.29, 0.717) is 18.0 Å². The molecule has 1 aliphatic carbocycles. The number of nitrogens with zero attached hydrogens (tertiary/aromatic N) is 2.